The highest BCUT2D eigenvalue weighted by atomic mass is 32.2. The number of amides is 1. The average Bonchev–Trinajstić information content (AvgIpc) is 2.26. The summed E-state index contributed by atoms with van der Waals surface area (Å²) in [5.41, 5.74) is 12.6. The SMILES string of the molecule is CC(CCS(C)=O)Nc1cc(N)ccc1C(N)=O. The van der Waals surface area contributed by atoms with Gasteiger partial charge in [-0.25, -0.2) is 0 Å². The van der Waals surface area contributed by atoms with E-state index < -0.39 is 16.7 Å². The molecule has 5 nitrogen and oxygen atoms in total. The molecule has 0 saturated heterocycles. The van der Waals surface area contributed by atoms with Crippen molar-refractivity contribution >= 4 is 28.1 Å². The summed E-state index contributed by atoms with van der Waals surface area (Å²) in [6.45, 7) is 1.96. The minimum atomic E-state index is -0.819. The topological polar surface area (TPSA) is 98.2 Å². The molecule has 0 aliphatic carbocycles. The van der Waals surface area contributed by atoms with Crippen molar-refractivity contribution in [1.82, 2.24) is 0 Å². The predicted octanol–water partition coefficient (Wildman–Crippen LogP) is 0.937. The quantitative estimate of drug-likeness (QED) is 0.669. The number of nitrogen functional groups attached to an aromatic ring is 1. The third kappa shape index (κ3) is 4.37. The minimum absolute atomic E-state index is 0.0915. The van der Waals surface area contributed by atoms with Gasteiger partial charge in [-0.15, -0.1) is 0 Å². The van der Waals surface area contributed by atoms with E-state index in [1.54, 1.807) is 24.5 Å². The molecule has 0 saturated carbocycles. The van der Waals surface area contributed by atoms with Crippen molar-refractivity contribution < 1.29 is 9.00 Å². The van der Waals surface area contributed by atoms with Crippen molar-refractivity contribution in [2.45, 2.75) is 19.4 Å². The first-order chi connectivity index (χ1) is 8.40. The molecule has 0 spiro atoms. The Hall–Kier alpha value is -1.56. The molecule has 1 amide bonds. The molecule has 18 heavy (non-hydrogen) atoms. The van der Waals surface area contributed by atoms with Gasteiger partial charge in [0.05, 0.1) is 5.56 Å². The van der Waals surface area contributed by atoms with Gasteiger partial charge in [0.25, 0.3) is 5.91 Å². The summed E-state index contributed by atoms with van der Waals surface area (Å²) in [4.78, 5) is 11.3. The van der Waals surface area contributed by atoms with E-state index in [2.05, 4.69) is 5.32 Å². The molecule has 0 heterocycles. The first-order valence-electron chi connectivity index (χ1n) is 5.66. The van der Waals surface area contributed by atoms with Gasteiger partial charge in [-0.2, -0.15) is 0 Å². The van der Waals surface area contributed by atoms with Crippen LogP contribution >= 0.6 is 0 Å². The van der Waals surface area contributed by atoms with Crippen molar-refractivity contribution in [3.63, 3.8) is 0 Å². The van der Waals surface area contributed by atoms with Crippen LogP contribution in [-0.2, 0) is 10.8 Å². The monoisotopic (exact) mass is 269 g/mol. The molecule has 0 aromatic heterocycles. The lowest BCUT2D eigenvalue weighted by Crippen LogP contribution is -2.21. The van der Waals surface area contributed by atoms with E-state index in [4.69, 9.17) is 11.5 Å². The maximum atomic E-state index is 11.3. The van der Waals surface area contributed by atoms with Crippen LogP contribution in [-0.4, -0.2) is 28.2 Å². The van der Waals surface area contributed by atoms with Crippen LogP contribution in [0.5, 0.6) is 0 Å². The summed E-state index contributed by atoms with van der Waals surface area (Å²) in [6, 6.07) is 5.01. The smallest absolute Gasteiger partial charge is 0.250 e. The largest absolute Gasteiger partial charge is 0.399 e. The molecule has 2 atom stereocenters. The van der Waals surface area contributed by atoms with Gasteiger partial charge < -0.3 is 16.8 Å². The van der Waals surface area contributed by atoms with Crippen LogP contribution in [0.1, 0.15) is 23.7 Å². The second kappa shape index (κ2) is 6.39. The van der Waals surface area contributed by atoms with Crippen molar-refractivity contribution in [3.8, 4) is 0 Å². The number of nitrogens with one attached hydrogen (secondary N) is 1. The number of hydrogen-bond acceptors (Lipinski definition) is 4. The van der Waals surface area contributed by atoms with Crippen LogP contribution < -0.4 is 16.8 Å². The summed E-state index contributed by atoms with van der Waals surface area (Å²) in [6.07, 6.45) is 2.41. The van der Waals surface area contributed by atoms with E-state index in [1.807, 2.05) is 6.92 Å². The van der Waals surface area contributed by atoms with Crippen LogP contribution in [0.4, 0.5) is 11.4 Å². The predicted molar refractivity (Wildman–Crippen MR) is 76.0 cm³/mol. The van der Waals surface area contributed by atoms with Crippen LogP contribution in [0.25, 0.3) is 0 Å². The highest BCUT2D eigenvalue weighted by molar-refractivity contribution is 7.84. The molecule has 5 N–H and O–H groups in total. The van der Waals surface area contributed by atoms with E-state index >= 15 is 0 Å². The first-order valence-corrected chi connectivity index (χ1v) is 7.38. The van der Waals surface area contributed by atoms with E-state index in [0.717, 1.165) is 6.42 Å². The fourth-order valence-electron chi connectivity index (χ4n) is 1.58. The molecule has 0 aliphatic heterocycles. The number of nitrogens with two attached hydrogens (primary N) is 2. The second-order valence-electron chi connectivity index (χ2n) is 4.28. The molecule has 0 fully saturated rings. The fraction of sp³-hybridized carbons (Fsp3) is 0.417. The zero-order valence-corrected chi connectivity index (χ0v) is 11.4. The average molecular weight is 269 g/mol. The Balaban J connectivity index is 2.79. The van der Waals surface area contributed by atoms with Crippen LogP contribution in [0.2, 0.25) is 0 Å². The van der Waals surface area contributed by atoms with Gasteiger partial charge in [0, 0.05) is 40.2 Å². The highest BCUT2D eigenvalue weighted by Gasteiger charge is 2.11. The molecule has 6 heteroatoms. The van der Waals surface area contributed by atoms with E-state index in [-0.39, 0.29) is 6.04 Å². The zero-order valence-electron chi connectivity index (χ0n) is 10.6. The summed E-state index contributed by atoms with van der Waals surface area (Å²) in [7, 11) is -0.819. The van der Waals surface area contributed by atoms with Crippen molar-refractivity contribution in [2.24, 2.45) is 5.73 Å². The van der Waals surface area contributed by atoms with Crippen molar-refractivity contribution in [3.05, 3.63) is 23.8 Å². The van der Waals surface area contributed by atoms with Gasteiger partial charge >= 0.3 is 0 Å². The Bertz CT molecular complexity index is 463. The number of primary amides is 1. The van der Waals surface area contributed by atoms with E-state index in [1.165, 1.54) is 0 Å². The van der Waals surface area contributed by atoms with Gasteiger partial charge in [-0.05, 0) is 31.5 Å². The van der Waals surface area contributed by atoms with Crippen molar-refractivity contribution in [1.29, 1.82) is 0 Å². The maximum Gasteiger partial charge on any atom is 0.250 e. The van der Waals surface area contributed by atoms with Gasteiger partial charge in [-0.3, -0.25) is 9.00 Å². The Kier molecular flexibility index (Phi) is 5.15. The second-order valence-corrected chi connectivity index (χ2v) is 5.84. The summed E-state index contributed by atoms with van der Waals surface area (Å²) < 4.78 is 11.0. The van der Waals surface area contributed by atoms with Crippen molar-refractivity contribution in [2.75, 3.05) is 23.1 Å². The molecule has 0 radical (unpaired) electrons. The van der Waals surface area contributed by atoms with Crippen LogP contribution in [0.15, 0.2) is 18.2 Å². The van der Waals surface area contributed by atoms with Gasteiger partial charge in [0.15, 0.2) is 0 Å². The number of anilines is 2. The molecule has 100 valence electrons. The molecule has 1 aromatic rings. The van der Waals surface area contributed by atoms with Gasteiger partial charge in [0.2, 0.25) is 0 Å². The Labute approximate surface area is 109 Å². The lowest BCUT2D eigenvalue weighted by atomic mass is 10.1. The third-order valence-corrected chi connectivity index (χ3v) is 3.36. The van der Waals surface area contributed by atoms with Crippen LogP contribution in [0, 0.1) is 0 Å². The Morgan fingerprint density at radius 2 is 2.17 bits per heavy atom. The van der Waals surface area contributed by atoms with E-state index in [0.29, 0.717) is 22.7 Å². The van der Waals surface area contributed by atoms with Gasteiger partial charge in [0.1, 0.15) is 0 Å². The highest BCUT2D eigenvalue weighted by Crippen LogP contribution is 2.20. The number of rotatable bonds is 6. The van der Waals surface area contributed by atoms with Crippen LogP contribution in [0.3, 0.4) is 0 Å². The lowest BCUT2D eigenvalue weighted by Gasteiger charge is -2.17. The Morgan fingerprint density at radius 1 is 1.50 bits per heavy atom. The number of benzene rings is 1. The standard InChI is InChI=1S/C12H19N3O2S/c1-8(5-6-18(2)17)15-11-7-9(13)3-4-10(11)12(14)16/h3-4,7-8,15H,5-6,13H2,1-2H3,(H2,14,16). The molecule has 0 bridgehead atoms. The Morgan fingerprint density at radius 3 is 2.72 bits per heavy atom. The molecule has 1 aromatic carbocycles. The summed E-state index contributed by atoms with van der Waals surface area (Å²) in [5, 5.41) is 3.17. The molecule has 0 aliphatic rings. The summed E-state index contributed by atoms with van der Waals surface area (Å²) in [5.74, 6) is 0.117. The van der Waals surface area contributed by atoms with Gasteiger partial charge in [-0.1, -0.05) is 0 Å². The normalized spacial score (nSPS) is 13.9. The number of carbonyl (C=O) groups is 1. The minimum Gasteiger partial charge on any atom is -0.399 e. The summed E-state index contributed by atoms with van der Waals surface area (Å²) >= 11 is 0. The molecular formula is C12H19N3O2S. The molecule has 1 rings (SSSR count). The maximum absolute atomic E-state index is 11.3. The number of carbonyl (C=O) groups excluding carboxylic acids is 1. The molecule has 2 unspecified atom stereocenters. The fourth-order valence-corrected chi connectivity index (χ4v) is 2.26. The van der Waals surface area contributed by atoms with E-state index in [9.17, 15) is 9.00 Å². The lowest BCUT2D eigenvalue weighted by molar-refractivity contribution is 0.100. The zero-order chi connectivity index (χ0) is 13.7. The third-order valence-electron chi connectivity index (χ3n) is 2.55. The number of hydrogen-bond donors (Lipinski definition) is 3. The first kappa shape index (κ1) is 14.5. The molecular weight excluding hydrogens is 250 g/mol.